The molecule has 0 aliphatic rings. The van der Waals surface area contributed by atoms with E-state index >= 15 is 0 Å². The Balaban J connectivity index is 2.87. The molecule has 0 heterocycles. The van der Waals surface area contributed by atoms with Crippen LogP contribution in [0, 0.1) is 6.92 Å². The van der Waals surface area contributed by atoms with Gasteiger partial charge in [-0.1, -0.05) is 43.2 Å². The first-order valence-corrected chi connectivity index (χ1v) is 5.22. The van der Waals surface area contributed by atoms with E-state index in [1.54, 1.807) is 6.92 Å². The molecule has 0 aliphatic carbocycles. The fraction of sp³-hybridized carbons (Fsp3) is 0.462. The molecule has 1 aromatic rings. The first-order chi connectivity index (χ1) is 6.65. The largest absolute Gasteiger partial charge is 0.299 e. The van der Waals surface area contributed by atoms with Crippen molar-refractivity contribution in [3.05, 3.63) is 35.4 Å². The average Bonchev–Trinajstić information content (AvgIpc) is 2.15. The van der Waals surface area contributed by atoms with Gasteiger partial charge in [0.1, 0.15) is 5.78 Å². The van der Waals surface area contributed by atoms with Crippen LogP contribution in [-0.4, -0.2) is 5.78 Å². The summed E-state index contributed by atoms with van der Waals surface area (Å²) < 4.78 is 0. The minimum absolute atomic E-state index is 0.0978. The maximum Gasteiger partial charge on any atom is 0.137 e. The highest BCUT2D eigenvalue weighted by molar-refractivity contribution is 5.83. The molecule has 76 valence electrons. The van der Waals surface area contributed by atoms with Crippen molar-refractivity contribution in [3.8, 4) is 0 Å². The summed E-state index contributed by atoms with van der Waals surface area (Å²) in [6, 6.07) is 8.27. The van der Waals surface area contributed by atoms with E-state index < -0.39 is 0 Å². The highest BCUT2D eigenvalue weighted by atomic mass is 16.1. The molecule has 14 heavy (non-hydrogen) atoms. The highest BCUT2D eigenvalue weighted by Gasteiger charge is 2.14. The van der Waals surface area contributed by atoms with Crippen LogP contribution in [0.15, 0.2) is 24.3 Å². The molecule has 0 radical (unpaired) electrons. The van der Waals surface area contributed by atoms with Crippen molar-refractivity contribution in [2.24, 2.45) is 0 Å². The number of carbonyl (C=O) groups is 1. The van der Waals surface area contributed by atoms with Gasteiger partial charge in [0.05, 0.1) is 0 Å². The van der Waals surface area contributed by atoms with Crippen molar-refractivity contribution in [3.63, 3.8) is 0 Å². The second-order valence-corrected chi connectivity index (χ2v) is 3.86. The predicted molar refractivity (Wildman–Crippen MR) is 59.5 cm³/mol. The van der Waals surface area contributed by atoms with E-state index in [-0.39, 0.29) is 11.7 Å². The summed E-state index contributed by atoms with van der Waals surface area (Å²) >= 11 is 0. The Bertz CT molecular complexity index is 298. The molecular weight excluding hydrogens is 172 g/mol. The molecular formula is C13H18O. The molecule has 1 unspecified atom stereocenters. The van der Waals surface area contributed by atoms with Crippen LogP contribution < -0.4 is 0 Å². The van der Waals surface area contributed by atoms with E-state index in [0.29, 0.717) is 0 Å². The summed E-state index contributed by atoms with van der Waals surface area (Å²) in [7, 11) is 0. The molecule has 0 bridgehead atoms. The first-order valence-electron chi connectivity index (χ1n) is 5.22. The van der Waals surface area contributed by atoms with Gasteiger partial charge in [0.15, 0.2) is 0 Å². The maximum absolute atomic E-state index is 11.4. The normalized spacial score (nSPS) is 12.5. The number of hydrogen-bond donors (Lipinski definition) is 0. The number of aryl methyl sites for hydroxylation is 1. The molecule has 0 aliphatic heterocycles. The van der Waals surface area contributed by atoms with Crippen molar-refractivity contribution in [2.75, 3.05) is 0 Å². The van der Waals surface area contributed by atoms with E-state index in [1.165, 1.54) is 5.56 Å². The predicted octanol–water partition coefficient (Wildman–Crippen LogP) is 3.47. The first kappa shape index (κ1) is 11.0. The molecule has 0 amide bonds. The molecule has 1 atom stereocenters. The second kappa shape index (κ2) is 4.94. The zero-order chi connectivity index (χ0) is 10.6. The number of carbonyl (C=O) groups excluding carboxylic acids is 1. The third-order valence-electron chi connectivity index (χ3n) is 2.55. The zero-order valence-corrected chi connectivity index (χ0v) is 9.21. The molecule has 1 rings (SSSR count). The smallest absolute Gasteiger partial charge is 0.137 e. The third kappa shape index (κ3) is 2.69. The topological polar surface area (TPSA) is 17.1 Å². The molecule has 1 nitrogen and oxygen atoms in total. The second-order valence-electron chi connectivity index (χ2n) is 3.86. The van der Waals surface area contributed by atoms with Crippen LogP contribution in [0.1, 0.15) is 43.7 Å². The van der Waals surface area contributed by atoms with Crippen molar-refractivity contribution in [1.82, 2.24) is 0 Å². The summed E-state index contributed by atoms with van der Waals surface area (Å²) in [5.41, 5.74) is 2.40. The van der Waals surface area contributed by atoms with Crippen LogP contribution in [-0.2, 0) is 4.79 Å². The van der Waals surface area contributed by atoms with Gasteiger partial charge in [0.2, 0.25) is 0 Å². The summed E-state index contributed by atoms with van der Waals surface area (Å²) in [5, 5.41) is 0. The Morgan fingerprint density at radius 2 is 1.86 bits per heavy atom. The van der Waals surface area contributed by atoms with Gasteiger partial charge in [-0.05, 0) is 25.8 Å². The van der Waals surface area contributed by atoms with Gasteiger partial charge in [-0.25, -0.2) is 0 Å². The van der Waals surface area contributed by atoms with Crippen LogP contribution in [0.5, 0.6) is 0 Å². The summed E-state index contributed by atoms with van der Waals surface area (Å²) in [6.45, 7) is 5.86. The molecule has 0 aromatic heterocycles. The Morgan fingerprint density at radius 1 is 1.29 bits per heavy atom. The monoisotopic (exact) mass is 190 g/mol. The molecule has 1 aromatic carbocycles. The Morgan fingerprint density at radius 3 is 2.29 bits per heavy atom. The SMILES string of the molecule is CCCC(C(C)=O)c1ccc(C)cc1. The lowest BCUT2D eigenvalue weighted by Gasteiger charge is -2.12. The van der Waals surface area contributed by atoms with Crippen molar-refractivity contribution in [1.29, 1.82) is 0 Å². The minimum atomic E-state index is 0.0978. The van der Waals surface area contributed by atoms with E-state index in [0.717, 1.165) is 18.4 Å². The van der Waals surface area contributed by atoms with Crippen molar-refractivity contribution in [2.45, 2.75) is 39.5 Å². The Labute approximate surface area is 86.1 Å². The summed E-state index contributed by atoms with van der Waals surface area (Å²) in [5.74, 6) is 0.372. The van der Waals surface area contributed by atoms with Crippen LogP contribution in [0.3, 0.4) is 0 Å². The molecule has 0 saturated heterocycles. The lowest BCUT2D eigenvalue weighted by molar-refractivity contribution is -0.118. The fourth-order valence-corrected chi connectivity index (χ4v) is 1.69. The van der Waals surface area contributed by atoms with Crippen LogP contribution in [0.25, 0.3) is 0 Å². The molecule has 0 fully saturated rings. The average molecular weight is 190 g/mol. The zero-order valence-electron chi connectivity index (χ0n) is 9.21. The molecule has 0 N–H and O–H groups in total. The van der Waals surface area contributed by atoms with E-state index in [1.807, 2.05) is 0 Å². The minimum Gasteiger partial charge on any atom is -0.299 e. The lowest BCUT2D eigenvalue weighted by atomic mass is 9.91. The van der Waals surface area contributed by atoms with E-state index in [2.05, 4.69) is 38.1 Å². The fourth-order valence-electron chi connectivity index (χ4n) is 1.69. The number of hydrogen-bond acceptors (Lipinski definition) is 1. The van der Waals surface area contributed by atoms with Gasteiger partial charge in [-0.15, -0.1) is 0 Å². The summed E-state index contributed by atoms with van der Waals surface area (Å²) in [6.07, 6.45) is 2.01. The highest BCUT2D eigenvalue weighted by Crippen LogP contribution is 2.22. The standard InChI is InChI=1S/C13H18O/c1-4-5-13(11(3)14)12-8-6-10(2)7-9-12/h6-9,13H,4-5H2,1-3H3. The number of benzene rings is 1. The van der Waals surface area contributed by atoms with Gasteiger partial charge in [0.25, 0.3) is 0 Å². The van der Waals surface area contributed by atoms with Crippen molar-refractivity contribution < 1.29 is 4.79 Å². The lowest BCUT2D eigenvalue weighted by Crippen LogP contribution is -2.08. The van der Waals surface area contributed by atoms with E-state index in [9.17, 15) is 4.79 Å². The van der Waals surface area contributed by atoms with Crippen molar-refractivity contribution >= 4 is 5.78 Å². The number of rotatable bonds is 4. The third-order valence-corrected chi connectivity index (χ3v) is 2.55. The Kier molecular flexibility index (Phi) is 3.87. The van der Waals surface area contributed by atoms with Gasteiger partial charge in [-0.3, -0.25) is 4.79 Å². The number of Topliss-reactive ketones (excluding diaryl/α,β-unsaturated/α-hetero) is 1. The van der Waals surface area contributed by atoms with Crippen LogP contribution in [0.4, 0.5) is 0 Å². The van der Waals surface area contributed by atoms with Crippen LogP contribution >= 0.6 is 0 Å². The van der Waals surface area contributed by atoms with Gasteiger partial charge in [0, 0.05) is 5.92 Å². The Hall–Kier alpha value is -1.11. The molecule has 0 saturated carbocycles. The quantitative estimate of drug-likeness (QED) is 0.710. The number of ketones is 1. The van der Waals surface area contributed by atoms with E-state index in [4.69, 9.17) is 0 Å². The van der Waals surface area contributed by atoms with Gasteiger partial charge < -0.3 is 0 Å². The van der Waals surface area contributed by atoms with Gasteiger partial charge in [-0.2, -0.15) is 0 Å². The van der Waals surface area contributed by atoms with Gasteiger partial charge >= 0.3 is 0 Å². The summed E-state index contributed by atoms with van der Waals surface area (Å²) in [4.78, 5) is 11.4. The molecule has 0 spiro atoms. The molecule has 1 heteroatoms. The van der Waals surface area contributed by atoms with Crippen LogP contribution in [0.2, 0.25) is 0 Å². The maximum atomic E-state index is 11.4.